The summed E-state index contributed by atoms with van der Waals surface area (Å²) < 4.78 is 15.9. The largest absolute Gasteiger partial charge is 0.309 e. The van der Waals surface area contributed by atoms with E-state index in [1.54, 1.807) is 24.5 Å². The van der Waals surface area contributed by atoms with Gasteiger partial charge in [-0.1, -0.05) is 23.9 Å². The van der Waals surface area contributed by atoms with Crippen molar-refractivity contribution in [3.05, 3.63) is 36.4 Å². The van der Waals surface area contributed by atoms with Gasteiger partial charge < -0.3 is 9.47 Å². The molecule has 0 bridgehead atoms. The topological polar surface area (TPSA) is 51.0 Å². The molecule has 1 aliphatic heterocycles. The third kappa shape index (κ3) is 3.10. The van der Waals surface area contributed by atoms with E-state index < -0.39 is 0 Å². The number of hydrogen-bond acceptors (Lipinski definition) is 4. The molecule has 0 saturated carbocycles. The molecule has 0 unspecified atom stereocenters. The molecule has 23 heavy (non-hydrogen) atoms. The summed E-state index contributed by atoms with van der Waals surface area (Å²) >= 11 is 1.40. The molecule has 7 heteroatoms. The third-order valence-electron chi connectivity index (χ3n) is 3.79. The number of para-hydroxylation sites is 1. The maximum Gasteiger partial charge on any atom is 0.240 e. The van der Waals surface area contributed by atoms with Crippen LogP contribution in [0.2, 0.25) is 0 Å². The molecule has 1 aliphatic rings. The van der Waals surface area contributed by atoms with Crippen molar-refractivity contribution in [2.24, 2.45) is 0 Å². The molecule has 5 nitrogen and oxygen atoms in total. The number of rotatable bonds is 3. The zero-order valence-corrected chi connectivity index (χ0v) is 14.2. The molecule has 1 aromatic heterocycles. The van der Waals surface area contributed by atoms with Crippen molar-refractivity contribution in [1.29, 1.82) is 0 Å². The Labute approximate surface area is 138 Å². The number of hydrogen-bond donors (Lipinski definition) is 0. The van der Waals surface area contributed by atoms with E-state index in [0.29, 0.717) is 23.8 Å². The van der Waals surface area contributed by atoms with Gasteiger partial charge in [0.25, 0.3) is 0 Å². The van der Waals surface area contributed by atoms with Crippen molar-refractivity contribution in [1.82, 2.24) is 14.8 Å². The number of benzene rings is 1. The summed E-state index contributed by atoms with van der Waals surface area (Å²) in [6, 6.07) is 6.37. The molecule has 2 heterocycles. The lowest BCUT2D eigenvalue weighted by Gasteiger charge is -2.22. The summed E-state index contributed by atoms with van der Waals surface area (Å²) in [5, 5.41) is 8.53. The molecule has 1 atom stereocenters. The van der Waals surface area contributed by atoms with Gasteiger partial charge in [-0.3, -0.25) is 4.79 Å². The van der Waals surface area contributed by atoms with E-state index in [-0.39, 0.29) is 22.5 Å². The van der Waals surface area contributed by atoms with Crippen LogP contribution in [-0.4, -0.2) is 32.5 Å². The first-order chi connectivity index (χ1) is 10.9. The van der Waals surface area contributed by atoms with Crippen LogP contribution >= 0.6 is 11.8 Å². The van der Waals surface area contributed by atoms with Gasteiger partial charge in [0.1, 0.15) is 12.1 Å². The Morgan fingerprint density at radius 1 is 1.30 bits per heavy atom. The van der Waals surface area contributed by atoms with E-state index in [1.165, 1.54) is 22.7 Å². The zero-order chi connectivity index (χ0) is 16.6. The summed E-state index contributed by atoms with van der Waals surface area (Å²) in [5.74, 6) is -0.451. The number of halogens is 1. The van der Waals surface area contributed by atoms with Crippen molar-refractivity contribution in [3.63, 3.8) is 0 Å². The normalized spacial score (nSPS) is 18.7. The molecule has 1 amide bonds. The third-order valence-corrected chi connectivity index (χ3v) is 5.00. The number of amides is 1. The van der Waals surface area contributed by atoms with E-state index in [2.05, 4.69) is 31.0 Å². The SMILES string of the molecule is CC(C)(C)n1cnnc1S[C@H]1CCN(c2ccccc2F)C1=O. The van der Waals surface area contributed by atoms with Crippen LogP contribution in [0.3, 0.4) is 0 Å². The minimum absolute atomic E-state index is 0.0800. The van der Waals surface area contributed by atoms with Crippen molar-refractivity contribution in [3.8, 4) is 0 Å². The lowest BCUT2D eigenvalue weighted by molar-refractivity contribution is -0.116. The minimum atomic E-state index is -0.371. The molecule has 0 N–H and O–H groups in total. The van der Waals surface area contributed by atoms with E-state index in [0.717, 1.165) is 0 Å². The number of thioether (sulfide) groups is 1. The first-order valence-electron chi connectivity index (χ1n) is 7.51. The number of aromatic nitrogens is 3. The number of carbonyl (C=O) groups is 1. The lowest BCUT2D eigenvalue weighted by Crippen LogP contribution is -2.29. The van der Waals surface area contributed by atoms with Gasteiger partial charge in [-0.25, -0.2) is 4.39 Å². The van der Waals surface area contributed by atoms with Crippen LogP contribution < -0.4 is 4.90 Å². The van der Waals surface area contributed by atoms with Crippen LogP contribution in [0, 0.1) is 5.82 Å². The average molecular weight is 334 g/mol. The predicted molar refractivity (Wildman–Crippen MR) is 88.0 cm³/mol. The van der Waals surface area contributed by atoms with Gasteiger partial charge in [0, 0.05) is 12.1 Å². The molecular weight excluding hydrogens is 315 g/mol. The van der Waals surface area contributed by atoms with Crippen molar-refractivity contribution >= 4 is 23.4 Å². The number of nitrogens with zero attached hydrogens (tertiary/aromatic N) is 4. The molecule has 0 radical (unpaired) electrons. The van der Waals surface area contributed by atoms with Crippen LogP contribution in [0.4, 0.5) is 10.1 Å². The van der Waals surface area contributed by atoms with Crippen molar-refractivity contribution < 1.29 is 9.18 Å². The van der Waals surface area contributed by atoms with Gasteiger partial charge in [0.05, 0.1) is 10.9 Å². The first-order valence-corrected chi connectivity index (χ1v) is 8.39. The summed E-state index contributed by atoms with van der Waals surface area (Å²) in [4.78, 5) is 14.1. The standard InChI is InChI=1S/C16H19FN4OS/c1-16(2,3)21-10-18-19-15(21)23-13-8-9-20(14(13)22)12-7-5-4-6-11(12)17/h4-7,10,13H,8-9H2,1-3H3/t13-/m0/s1. The Kier molecular flexibility index (Phi) is 4.14. The Balaban J connectivity index is 1.79. The van der Waals surface area contributed by atoms with Crippen LogP contribution in [0.15, 0.2) is 35.7 Å². The van der Waals surface area contributed by atoms with Crippen molar-refractivity contribution in [2.75, 3.05) is 11.4 Å². The fourth-order valence-electron chi connectivity index (χ4n) is 2.57. The molecule has 0 aliphatic carbocycles. The number of carbonyl (C=O) groups excluding carboxylic acids is 1. The van der Waals surface area contributed by atoms with E-state index in [4.69, 9.17) is 0 Å². The smallest absolute Gasteiger partial charge is 0.240 e. The molecule has 122 valence electrons. The van der Waals surface area contributed by atoms with Gasteiger partial charge in [-0.2, -0.15) is 0 Å². The van der Waals surface area contributed by atoms with Crippen LogP contribution in [0.25, 0.3) is 0 Å². The van der Waals surface area contributed by atoms with Crippen LogP contribution in [-0.2, 0) is 10.3 Å². The van der Waals surface area contributed by atoms with E-state index in [1.807, 2.05) is 4.57 Å². The van der Waals surface area contributed by atoms with Gasteiger partial charge in [-0.15, -0.1) is 10.2 Å². The highest BCUT2D eigenvalue weighted by Gasteiger charge is 2.36. The van der Waals surface area contributed by atoms with Gasteiger partial charge >= 0.3 is 0 Å². The zero-order valence-electron chi connectivity index (χ0n) is 13.4. The maximum absolute atomic E-state index is 13.9. The Morgan fingerprint density at radius 3 is 2.74 bits per heavy atom. The van der Waals surface area contributed by atoms with E-state index >= 15 is 0 Å². The number of anilines is 1. The highest BCUT2D eigenvalue weighted by molar-refractivity contribution is 8.00. The molecule has 1 saturated heterocycles. The summed E-state index contributed by atoms with van der Waals surface area (Å²) in [6.07, 6.45) is 2.34. The Hall–Kier alpha value is -1.89. The second-order valence-corrected chi connectivity index (χ2v) is 7.66. The molecular formula is C16H19FN4OS. The van der Waals surface area contributed by atoms with Gasteiger partial charge in [0.15, 0.2) is 5.16 Å². The quantitative estimate of drug-likeness (QED) is 0.866. The first kappa shape index (κ1) is 16.0. The second-order valence-electron chi connectivity index (χ2n) is 6.49. The molecule has 0 spiro atoms. The maximum atomic E-state index is 13.9. The average Bonchev–Trinajstić information content (AvgIpc) is 3.08. The summed E-state index contributed by atoms with van der Waals surface area (Å²) in [5.41, 5.74) is 0.191. The Morgan fingerprint density at radius 2 is 2.04 bits per heavy atom. The molecule has 1 fully saturated rings. The molecule has 1 aromatic carbocycles. The highest BCUT2D eigenvalue weighted by Crippen LogP contribution is 2.34. The van der Waals surface area contributed by atoms with Gasteiger partial charge in [-0.05, 0) is 39.3 Å². The van der Waals surface area contributed by atoms with E-state index in [9.17, 15) is 9.18 Å². The summed E-state index contributed by atoms with van der Waals surface area (Å²) in [7, 11) is 0. The van der Waals surface area contributed by atoms with Gasteiger partial charge in [0.2, 0.25) is 5.91 Å². The lowest BCUT2D eigenvalue weighted by atomic mass is 10.1. The highest BCUT2D eigenvalue weighted by atomic mass is 32.2. The minimum Gasteiger partial charge on any atom is -0.309 e. The fourth-order valence-corrected chi connectivity index (χ4v) is 3.80. The fraction of sp³-hybridized carbons (Fsp3) is 0.438. The monoisotopic (exact) mass is 334 g/mol. The molecule has 2 aromatic rings. The van der Waals surface area contributed by atoms with Crippen molar-refractivity contribution in [2.45, 2.75) is 43.1 Å². The second kappa shape index (κ2) is 5.96. The van der Waals surface area contributed by atoms with Crippen LogP contribution in [0.5, 0.6) is 0 Å². The predicted octanol–water partition coefficient (Wildman–Crippen LogP) is 3.07. The molecule has 3 rings (SSSR count). The summed E-state index contributed by atoms with van der Waals surface area (Å²) in [6.45, 7) is 6.69. The Bertz CT molecular complexity index is 725. The van der Waals surface area contributed by atoms with Crippen LogP contribution in [0.1, 0.15) is 27.2 Å².